The van der Waals surface area contributed by atoms with Gasteiger partial charge in [-0.25, -0.2) is 9.97 Å². The molecular formula is C24H24N8O. The highest BCUT2D eigenvalue weighted by molar-refractivity contribution is 5.65. The zero-order valence-electron chi connectivity index (χ0n) is 18.6. The molecular weight excluding hydrogens is 416 g/mol. The Hall–Kier alpha value is -4.11. The molecule has 0 spiro atoms. The van der Waals surface area contributed by atoms with Crippen LogP contribution in [-0.2, 0) is 12.5 Å². The van der Waals surface area contributed by atoms with Gasteiger partial charge in [-0.05, 0) is 23.8 Å². The molecule has 0 fully saturated rings. The summed E-state index contributed by atoms with van der Waals surface area (Å²) in [6.45, 7) is 4.00. The lowest BCUT2D eigenvalue weighted by atomic mass is 9.79. The number of nitrogens with one attached hydrogen (secondary N) is 1. The quantitative estimate of drug-likeness (QED) is 0.415. The summed E-state index contributed by atoms with van der Waals surface area (Å²) in [4.78, 5) is 8.91. The van der Waals surface area contributed by atoms with Gasteiger partial charge in [0.25, 0.3) is 0 Å². The van der Waals surface area contributed by atoms with E-state index < -0.39 is 11.5 Å². The summed E-state index contributed by atoms with van der Waals surface area (Å²) in [5, 5.41) is 27.1. The molecule has 0 radical (unpaired) electrons. The highest BCUT2D eigenvalue weighted by atomic mass is 16.3. The van der Waals surface area contributed by atoms with Gasteiger partial charge >= 0.3 is 0 Å². The number of hydrogen-bond donors (Lipinski definition) is 2. The lowest BCUT2D eigenvalue weighted by Gasteiger charge is -2.30. The second kappa shape index (κ2) is 8.10. The van der Waals surface area contributed by atoms with Gasteiger partial charge in [-0.1, -0.05) is 44.2 Å². The van der Waals surface area contributed by atoms with E-state index >= 15 is 0 Å². The monoisotopic (exact) mass is 440 g/mol. The lowest BCUT2D eigenvalue weighted by molar-refractivity contribution is 0.0907. The van der Waals surface area contributed by atoms with Crippen molar-refractivity contribution in [3.05, 3.63) is 84.6 Å². The van der Waals surface area contributed by atoms with Crippen molar-refractivity contribution in [1.82, 2.24) is 34.3 Å². The van der Waals surface area contributed by atoms with Crippen LogP contribution in [0.3, 0.4) is 0 Å². The van der Waals surface area contributed by atoms with E-state index in [0.29, 0.717) is 17.4 Å². The molecule has 1 unspecified atom stereocenters. The number of aliphatic hydroxyl groups is 1. The first-order valence-electron chi connectivity index (χ1n) is 10.6. The minimum absolute atomic E-state index is 0.471. The number of pyridine rings is 1. The molecule has 4 heterocycles. The Morgan fingerprint density at radius 3 is 2.58 bits per heavy atom. The summed E-state index contributed by atoms with van der Waals surface area (Å²) in [5.74, 6) is 1.75. The molecule has 5 rings (SSSR count). The van der Waals surface area contributed by atoms with Crippen LogP contribution in [0.25, 0.3) is 16.9 Å². The topological polar surface area (TPSA) is 106 Å². The minimum atomic E-state index is -0.838. The van der Waals surface area contributed by atoms with Crippen molar-refractivity contribution in [3.8, 4) is 11.3 Å². The Labute approximate surface area is 190 Å². The SMILES string of the molecule is Cn1nccc1Nc1nccc(-c2ccn3c(C(O)C(C)(C)c4ccccc4)nnc3c2)n1. The third-order valence-electron chi connectivity index (χ3n) is 5.89. The molecule has 0 saturated carbocycles. The van der Waals surface area contributed by atoms with Crippen LogP contribution in [0, 0.1) is 0 Å². The van der Waals surface area contributed by atoms with Crippen LogP contribution >= 0.6 is 0 Å². The highest BCUT2D eigenvalue weighted by Gasteiger charge is 2.34. The van der Waals surface area contributed by atoms with Crippen LogP contribution in [0.5, 0.6) is 0 Å². The number of nitrogens with zero attached hydrogens (tertiary/aromatic N) is 7. The van der Waals surface area contributed by atoms with Gasteiger partial charge in [-0.15, -0.1) is 10.2 Å². The Morgan fingerprint density at radius 1 is 1.00 bits per heavy atom. The van der Waals surface area contributed by atoms with Crippen LogP contribution < -0.4 is 5.32 Å². The van der Waals surface area contributed by atoms with Gasteiger partial charge in [0.15, 0.2) is 11.5 Å². The number of aryl methyl sites for hydroxylation is 1. The van der Waals surface area contributed by atoms with Crippen LogP contribution in [0.2, 0.25) is 0 Å². The summed E-state index contributed by atoms with van der Waals surface area (Å²) in [6.07, 6.45) is 4.43. The second-order valence-electron chi connectivity index (χ2n) is 8.42. The lowest BCUT2D eigenvalue weighted by Crippen LogP contribution is -2.28. The summed E-state index contributed by atoms with van der Waals surface area (Å²) in [5.41, 5.74) is 2.73. The van der Waals surface area contributed by atoms with E-state index in [-0.39, 0.29) is 0 Å². The standard InChI is InChI=1S/C24H24N8O/c1-24(2,17-7-5-4-6-8-17)21(33)22-30-29-20-15-16(11-14-32(20)22)18-9-12-25-23(27-18)28-19-10-13-26-31(19)3/h4-15,21,33H,1-3H3,(H,25,27,28). The van der Waals surface area contributed by atoms with E-state index in [9.17, 15) is 5.11 Å². The van der Waals surface area contributed by atoms with Crippen LogP contribution in [-0.4, -0.2) is 39.5 Å². The van der Waals surface area contributed by atoms with Crippen molar-refractivity contribution in [2.24, 2.45) is 7.05 Å². The Balaban J connectivity index is 1.45. The fourth-order valence-corrected chi connectivity index (χ4v) is 3.79. The maximum absolute atomic E-state index is 11.2. The predicted molar refractivity (Wildman–Crippen MR) is 125 cm³/mol. The zero-order chi connectivity index (χ0) is 23.0. The fourth-order valence-electron chi connectivity index (χ4n) is 3.79. The molecule has 1 atom stereocenters. The molecule has 0 aliphatic rings. The molecule has 0 bridgehead atoms. The molecule has 1 aromatic carbocycles. The van der Waals surface area contributed by atoms with Crippen molar-refractivity contribution in [3.63, 3.8) is 0 Å². The molecule has 4 aromatic heterocycles. The van der Waals surface area contributed by atoms with E-state index in [2.05, 4.69) is 30.6 Å². The molecule has 9 heteroatoms. The molecule has 2 N–H and O–H groups in total. The predicted octanol–water partition coefficient (Wildman–Crippen LogP) is 3.67. The molecule has 0 amide bonds. The highest BCUT2D eigenvalue weighted by Crippen LogP contribution is 2.36. The van der Waals surface area contributed by atoms with Crippen molar-refractivity contribution < 1.29 is 5.11 Å². The molecule has 33 heavy (non-hydrogen) atoms. The largest absolute Gasteiger partial charge is 0.384 e. The first-order chi connectivity index (χ1) is 15.9. The third-order valence-corrected chi connectivity index (χ3v) is 5.89. The summed E-state index contributed by atoms with van der Waals surface area (Å²) < 4.78 is 3.52. The summed E-state index contributed by atoms with van der Waals surface area (Å²) in [6, 6.07) is 17.4. The maximum Gasteiger partial charge on any atom is 0.228 e. The fraction of sp³-hybridized carbons (Fsp3) is 0.208. The van der Waals surface area contributed by atoms with Gasteiger partial charge < -0.3 is 10.4 Å². The number of rotatable bonds is 6. The number of fused-ring (bicyclic) bond motifs is 1. The number of anilines is 2. The van der Waals surface area contributed by atoms with Crippen LogP contribution in [0.15, 0.2) is 73.2 Å². The molecule has 9 nitrogen and oxygen atoms in total. The number of aromatic nitrogens is 7. The number of hydrogen-bond acceptors (Lipinski definition) is 7. The van der Waals surface area contributed by atoms with E-state index in [1.165, 1.54) is 0 Å². The molecule has 0 saturated heterocycles. The van der Waals surface area contributed by atoms with Crippen LogP contribution in [0.4, 0.5) is 11.8 Å². The van der Waals surface area contributed by atoms with Crippen molar-refractivity contribution >= 4 is 17.4 Å². The summed E-state index contributed by atoms with van der Waals surface area (Å²) >= 11 is 0. The Morgan fingerprint density at radius 2 is 1.82 bits per heavy atom. The first-order valence-corrected chi connectivity index (χ1v) is 10.6. The average molecular weight is 441 g/mol. The van der Waals surface area contributed by atoms with E-state index in [4.69, 9.17) is 0 Å². The van der Waals surface area contributed by atoms with E-state index in [1.807, 2.05) is 86.1 Å². The van der Waals surface area contributed by atoms with Gasteiger partial charge in [0.05, 0.1) is 11.9 Å². The molecule has 166 valence electrons. The van der Waals surface area contributed by atoms with Crippen molar-refractivity contribution in [1.29, 1.82) is 0 Å². The zero-order valence-corrected chi connectivity index (χ0v) is 18.6. The average Bonchev–Trinajstić information content (AvgIpc) is 3.44. The minimum Gasteiger partial charge on any atom is -0.384 e. The van der Waals surface area contributed by atoms with Gasteiger partial charge in [-0.3, -0.25) is 9.08 Å². The Kier molecular flexibility index (Phi) is 5.10. The van der Waals surface area contributed by atoms with Gasteiger partial charge in [0.1, 0.15) is 11.9 Å². The normalized spacial score (nSPS) is 12.7. The number of aliphatic hydroxyl groups excluding tert-OH is 1. The summed E-state index contributed by atoms with van der Waals surface area (Å²) in [7, 11) is 1.84. The molecule has 0 aliphatic carbocycles. The maximum atomic E-state index is 11.2. The van der Waals surface area contributed by atoms with Gasteiger partial charge in [-0.2, -0.15) is 5.10 Å². The van der Waals surface area contributed by atoms with Crippen molar-refractivity contribution in [2.75, 3.05) is 5.32 Å². The third kappa shape index (κ3) is 3.83. The first kappa shape index (κ1) is 20.8. The van der Waals surface area contributed by atoms with Gasteiger partial charge in [0.2, 0.25) is 5.95 Å². The Bertz CT molecular complexity index is 1410. The molecule has 0 aliphatic heterocycles. The van der Waals surface area contributed by atoms with Gasteiger partial charge in [0, 0.05) is 36.5 Å². The second-order valence-corrected chi connectivity index (χ2v) is 8.42. The van der Waals surface area contributed by atoms with Crippen molar-refractivity contribution in [2.45, 2.75) is 25.4 Å². The molecule has 5 aromatic rings. The van der Waals surface area contributed by atoms with E-state index in [0.717, 1.165) is 22.6 Å². The van der Waals surface area contributed by atoms with Crippen LogP contribution in [0.1, 0.15) is 31.3 Å². The number of benzene rings is 1. The smallest absolute Gasteiger partial charge is 0.228 e. The van der Waals surface area contributed by atoms with E-state index in [1.54, 1.807) is 17.1 Å².